The summed E-state index contributed by atoms with van der Waals surface area (Å²) in [6.45, 7) is 7.45. The number of oxime groups is 1. The van der Waals surface area contributed by atoms with Gasteiger partial charge in [0.25, 0.3) is 0 Å². The van der Waals surface area contributed by atoms with Crippen molar-refractivity contribution < 1.29 is 38.8 Å². The van der Waals surface area contributed by atoms with Crippen LogP contribution in [-0.4, -0.2) is 77.5 Å². The zero-order valence-electron chi connectivity index (χ0n) is 38.5. The van der Waals surface area contributed by atoms with Crippen LogP contribution in [0, 0.1) is 17.8 Å². The SMILES string of the molecule is C=CCO[C@@]12Oc3ccc(OCCSc4ccccc4)cc3[C@H]3[C@H](CCCCO)[C@@H](CCCCO)C=C(C(=NOCc4ccccc4)C[C@@H]1N(Cc1cccc4ccccc14)C(=O)OCC)[C@H]32. The van der Waals surface area contributed by atoms with Crippen LogP contribution in [0.5, 0.6) is 11.5 Å². The first kappa shape index (κ1) is 47.9. The standard InChI is InChI=1S/C56H64N2O8S/c1-3-32-64-56-52(58(55(61)62-4-2)38-43-23-17-22-41-20-11-12-26-46(41)43)37-50(57-65-39-40-18-7-5-8-19-40)48-35-42(21-13-15-30-59)47(27-14-16-31-60)53(54(48)56)49-36-44(28-29-51(49)66-56)63-33-34-67-45-24-9-6-10-25-45/h3,5-12,17-20,22-26,28-29,35-36,42,47,52-54,59-60H,1,4,13-16,21,27,30-34,37-39H2,2H3/t42-,47+,52-,53+,54+,56+/m0/s1. The molecule has 1 amide bonds. The molecule has 0 unspecified atom stereocenters. The predicted molar refractivity (Wildman–Crippen MR) is 265 cm³/mol. The van der Waals surface area contributed by atoms with Gasteiger partial charge in [0.2, 0.25) is 5.79 Å². The molecule has 10 nitrogen and oxygen atoms in total. The Morgan fingerprint density at radius 3 is 2.43 bits per heavy atom. The van der Waals surface area contributed by atoms with Gasteiger partial charge in [-0.1, -0.05) is 121 Å². The van der Waals surface area contributed by atoms with Crippen molar-refractivity contribution in [2.45, 2.75) is 87.7 Å². The summed E-state index contributed by atoms with van der Waals surface area (Å²) in [5, 5.41) is 27.2. The molecule has 0 spiro atoms. The minimum atomic E-state index is -1.44. The topological polar surface area (TPSA) is 119 Å². The Hall–Kier alpha value is -5.59. The van der Waals surface area contributed by atoms with Crippen molar-refractivity contribution >= 4 is 34.3 Å². The quantitative estimate of drug-likeness (QED) is 0.0286. The number of ether oxygens (including phenoxy) is 4. The summed E-state index contributed by atoms with van der Waals surface area (Å²) in [6, 6.07) is 40.0. The van der Waals surface area contributed by atoms with E-state index in [9.17, 15) is 15.0 Å². The van der Waals surface area contributed by atoms with Crippen molar-refractivity contribution in [2.24, 2.45) is 22.9 Å². The number of nitrogens with zero attached hydrogens (tertiary/aromatic N) is 2. The van der Waals surface area contributed by atoms with Gasteiger partial charge >= 0.3 is 6.09 Å². The minimum absolute atomic E-state index is 0.0663. The zero-order valence-corrected chi connectivity index (χ0v) is 39.4. The van der Waals surface area contributed by atoms with Crippen LogP contribution >= 0.6 is 11.8 Å². The van der Waals surface area contributed by atoms with Crippen LogP contribution in [0.1, 0.15) is 74.5 Å². The number of aliphatic hydroxyl groups excluding tert-OH is 2. The number of amides is 1. The van der Waals surface area contributed by atoms with E-state index < -0.39 is 23.8 Å². The van der Waals surface area contributed by atoms with Gasteiger partial charge in [0.1, 0.15) is 24.1 Å². The van der Waals surface area contributed by atoms with Crippen molar-refractivity contribution in [3.05, 3.63) is 162 Å². The number of carbonyl (C=O) groups is 1. The van der Waals surface area contributed by atoms with E-state index in [2.05, 4.69) is 55.1 Å². The smallest absolute Gasteiger partial charge is 0.410 e. The summed E-state index contributed by atoms with van der Waals surface area (Å²) >= 11 is 1.75. The number of thioether (sulfide) groups is 1. The molecule has 1 heterocycles. The summed E-state index contributed by atoms with van der Waals surface area (Å²) in [6.07, 6.45) is 8.54. The van der Waals surface area contributed by atoms with Crippen LogP contribution in [0.3, 0.4) is 0 Å². The summed E-state index contributed by atoms with van der Waals surface area (Å²) < 4.78 is 27.2. The van der Waals surface area contributed by atoms with Gasteiger partial charge < -0.3 is 34.0 Å². The van der Waals surface area contributed by atoms with Crippen molar-refractivity contribution in [1.82, 2.24) is 4.90 Å². The molecule has 5 aromatic carbocycles. The number of benzene rings is 5. The van der Waals surface area contributed by atoms with Crippen molar-refractivity contribution in [2.75, 3.05) is 38.8 Å². The fourth-order valence-electron chi connectivity index (χ4n) is 10.5. The van der Waals surface area contributed by atoms with Crippen molar-refractivity contribution in [1.29, 1.82) is 0 Å². The maximum Gasteiger partial charge on any atom is 0.410 e. The van der Waals surface area contributed by atoms with Gasteiger partial charge in [0.15, 0.2) is 0 Å². The van der Waals surface area contributed by atoms with Crippen molar-refractivity contribution in [3.8, 4) is 11.5 Å². The first-order chi connectivity index (χ1) is 33.0. The van der Waals surface area contributed by atoms with Gasteiger partial charge in [0, 0.05) is 41.8 Å². The zero-order chi connectivity index (χ0) is 46.4. The van der Waals surface area contributed by atoms with Gasteiger partial charge in [-0.25, -0.2) is 4.79 Å². The number of aliphatic hydroxyl groups is 2. The molecule has 67 heavy (non-hydrogen) atoms. The highest BCUT2D eigenvalue weighted by molar-refractivity contribution is 7.99. The molecule has 2 aliphatic carbocycles. The summed E-state index contributed by atoms with van der Waals surface area (Å²) in [5.41, 5.74) is 4.64. The highest BCUT2D eigenvalue weighted by Crippen LogP contribution is 2.62. The first-order valence-corrected chi connectivity index (χ1v) is 24.9. The Bertz CT molecular complexity index is 2460. The van der Waals surface area contributed by atoms with Crippen LogP contribution in [0.4, 0.5) is 4.79 Å². The van der Waals surface area contributed by atoms with Crippen molar-refractivity contribution in [3.63, 3.8) is 0 Å². The van der Waals surface area contributed by atoms with Crippen LogP contribution < -0.4 is 9.47 Å². The molecule has 1 fully saturated rings. The molecular formula is C56H64N2O8S. The fraction of sp³-hybridized carbons (Fsp3) is 0.393. The third-order valence-corrected chi connectivity index (χ3v) is 14.3. The molecule has 1 aliphatic heterocycles. The molecule has 0 radical (unpaired) electrons. The Morgan fingerprint density at radius 2 is 1.66 bits per heavy atom. The summed E-state index contributed by atoms with van der Waals surface area (Å²) in [7, 11) is 0. The van der Waals surface area contributed by atoms with Crippen LogP contribution in [0.25, 0.3) is 10.8 Å². The van der Waals surface area contributed by atoms with Gasteiger partial charge in [-0.15, -0.1) is 18.3 Å². The highest BCUT2D eigenvalue weighted by atomic mass is 32.2. The van der Waals surface area contributed by atoms with Crippen LogP contribution in [-0.2, 0) is 27.5 Å². The van der Waals surface area contributed by atoms with E-state index in [4.69, 9.17) is 28.9 Å². The lowest BCUT2D eigenvalue weighted by Gasteiger charge is -2.59. The third kappa shape index (κ3) is 11.1. The van der Waals surface area contributed by atoms with Crippen LogP contribution in [0.15, 0.2) is 156 Å². The van der Waals surface area contributed by atoms with E-state index in [0.29, 0.717) is 25.2 Å². The molecule has 1 saturated carbocycles. The lowest BCUT2D eigenvalue weighted by atomic mass is 9.55. The van der Waals surface area contributed by atoms with E-state index in [1.165, 1.54) is 4.90 Å². The maximum atomic E-state index is 14.8. The molecule has 6 atom stereocenters. The number of fused-ring (bicyclic) bond motifs is 3. The first-order valence-electron chi connectivity index (χ1n) is 23.9. The second-order valence-corrected chi connectivity index (χ2v) is 18.7. The van der Waals surface area contributed by atoms with Gasteiger partial charge in [-0.2, -0.15) is 0 Å². The number of hydrogen-bond donors (Lipinski definition) is 2. The molecular weight excluding hydrogens is 861 g/mol. The average Bonchev–Trinajstić information content (AvgIpc) is 3.36. The average molecular weight is 925 g/mol. The number of allylic oxidation sites excluding steroid dienone is 1. The summed E-state index contributed by atoms with van der Waals surface area (Å²) in [4.78, 5) is 24.1. The van der Waals surface area contributed by atoms with E-state index in [0.717, 1.165) is 75.9 Å². The Kier molecular flexibility index (Phi) is 16.7. The molecule has 352 valence electrons. The molecule has 0 aromatic heterocycles. The second kappa shape index (κ2) is 23.4. The number of hydrogen-bond acceptors (Lipinski definition) is 10. The number of unbranched alkanes of at least 4 members (excludes halogenated alkanes) is 2. The monoisotopic (exact) mass is 924 g/mol. The highest BCUT2D eigenvalue weighted by Gasteiger charge is 2.65. The third-order valence-electron chi connectivity index (χ3n) is 13.4. The van der Waals surface area contributed by atoms with Crippen LogP contribution in [0.2, 0.25) is 0 Å². The lowest BCUT2D eigenvalue weighted by Crippen LogP contribution is -2.70. The molecule has 0 saturated heterocycles. The summed E-state index contributed by atoms with van der Waals surface area (Å²) in [5.74, 6) is 0.231. The Balaban J connectivity index is 1.30. The second-order valence-electron chi connectivity index (χ2n) is 17.5. The van der Waals surface area contributed by atoms with E-state index >= 15 is 0 Å². The van der Waals surface area contributed by atoms with E-state index in [-0.39, 0.29) is 63.8 Å². The van der Waals surface area contributed by atoms with E-state index in [1.807, 2.05) is 85.8 Å². The van der Waals surface area contributed by atoms with E-state index in [1.54, 1.807) is 22.7 Å². The predicted octanol–water partition coefficient (Wildman–Crippen LogP) is 11.5. The van der Waals surface area contributed by atoms with Gasteiger partial charge in [0.05, 0.1) is 38.0 Å². The molecule has 11 heteroatoms. The number of rotatable bonds is 23. The largest absolute Gasteiger partial charge is 0.493 e. The van der Waals surface area contributed by atoms with Gasteiger partial charge in [-0.3, -0.25) is 4.90 Å². The molecule has 3 aliphatic rings. The van der Waals surface area contributed by atoms with Gasteiger partial charge in [-0.05, 0) is 102 Å². The fourth-order valence-corrected chi connectivity index (χ4v) is 11.2. The Morgan fingerprint density at radius 1 is 0.910 bits per heavy atom. The molecule has 8 rings (SSSR count). The normalized spacial score (nSPS) is 22.2. The maximum absolute atomic E-state index is 14.8. The number of carbonyl (C=O) groups excluding carboxylic acids is 1. The molecule has 0 bridgehead atoms. The molecule has 2 N–H and O–H groups in total. The lowest BCUT2D eigenvalue weighted by molar-refractivity contribution is -0.256. The minimum Gasteiger partial charge on any atom is -0.493 e. The molecule has 5 aromatic rings. The Labute approximate surface area is 399 Å².